The molecule has 0 saturated heterocycles. The number of hydrogen-bond donors (Lipinski definition) is 0. The second-order valence-electron chi connectivity index (χ2n) is 2.80. The fourth-order valence-corrected chi connectivity index (χ4v) is 2.75. The van der Waals surface area contributed by atoms with E-state index >= 15 is 0 Å². The van der Waals surface area contributed by atoms with Gasteiger partial charge in [-0.3, -0.25) is 0 Å². The van der Waals surface area contributed by atoms with Crippen LogP contribution in [0.5, 0.6) is 0 Å². The van der Waals surface area contributed by atoms with Crippen molar-refractivity contribution < 1.29 is 0 Å². The predicted molar refractivity (Wildman–Crippen MR) is 53.5 cm³/mol. The SMILES string of the molecule is [GeH3][c]1cccc2ccccc12. The molecule has 0 N–H and O–H groups in total. The maximum atomic E-state index is 2.22. The number of fused-ring (bicyclic) bond motifs is 1. The summed E-state index contributed by atoms with van der Waals surface area (Å²) in [7, 11) is 0. The van der Waals surface area contributed by atoms with Crippen LogP contribution in [0.2, 0.25) is 0 Å². The van der Waals surface area contributed by atoms with Gasteiger partial charge in [0.1, 0.15) is 0 Å². The zero-order chi connectivity index (χ0) is 7.68. The van der Waals surface area contributed by atoms with Crippen LogP contribution in [-0.2, 0) is 0 Å². The average Bonchev–Trinajstić information content (AvgIpc) is 2.06. The van der Waals surface area contributed by atoms with Crippen molar-refractivity contribution in [3.8, 4) is 0 Å². The molecule has 0 radical (unpaired) electrons. The molecule has 11 heavy (non-hydrogen) atoms. The Morgan fingerprint density at radius 3 is 2.36 bits per heavy atom. The molecule has 0 unspecified atom stereocenters. The summed E-state index contributed by atoms with van der Waals surface area (Å²) in [6.45, 7) is 0. The molecule has 0 fully saturated rings. The van der Waals surface area contributed by atoms with Crippen LogP contribution >= 0.6 is 0 Å². The summed E-state index contributed by atoms with van der Waals surface area (Å²) >= 11 is 0.786. The monoisotopic (exact) mass is 204 g/mol. The molecule has 0 saturated carbocycles. The summed E-state index contributed by atoms with van der Waals surface area (Å²) in [6, 6.07) is 15.1. The maximum absolute atomic E-state index is 2.22. The molecule has 0 amide bonds. The third kappa shape index (κ3) is 1.18. The van der Waals surface area contributed by atoms with Crippen LogP contribution in [0.15, 0.2) is 42.5 Å². The molecular formula is C10H10Ge. The van der Waals surface area contributed by atoms with Gasteiger partial charge in [0, 0.05) is 0 Å². The van der Waals surface area contributed by atoms with Gasteiger partial charge in [0.05, 0.1) is 0 Å². The number of rotatable bonds is 0. The molecule has 54 valence electrons. The normalized spacial score (nSPS) is 10.5. The quantitative estimate of drug-likeness (QED) is 0.556. The number of benzene rings is 2. The standard InChI is InChI=1S/C10H10Ge/c11-10-7-3-5-8-4-1-2-6-9(8)10/h1-7H,11H3. The molecule has 0 aliphatic heterocycles. The minimum atomic E-state index is 0.786. The molecule has 1 heteroatoms. The molecule has 0 aliphatic rings. The summed E-state index contributed by atoms with van der Waals surface area (Å²) < 4.78 is 1.54. The van der Waals surface area contributed by atoms with Gasteiger partial charge < -0.3 is 0 Å². The molecule has 0 spiro atoms. The first-order valence-electron chi connectivity index (χ1n) is 3.82. The van der Waals surface area contributed by atoms with E-state index in [2.05, 4.69) is 42.5 Å². The zero-order valence-corrected chi connectivity index (χ0v) is 10.7. The van der Waals surface area contributed by atoms with Crippen molar-refractivity contribution in [3.63, 3.8) is 0 Å². The third-order valence-electron chi connectivity index (χ3n) is 2.01. The molecule has 0 atom stereocenters. The fourth-order valence-electron chi connectivity index (χ4n) is 1.39. The van der Waals surface area contributed by atoms with Gasteiger partial charge in [0.2, 0.25) is 0 Å². The van der Waals surface area contributed by atoms with Crippen LogP contribution in [0.3, 0.4) is 0 Å². The van der Waals surface area contributed by atoms with Crippen LogP contribution in [0.1, 0.15) is 0 Å². The van der Waals surface area contributed by atoms with Gasteiger partial charge in [-0.15, -0.1) is 0 Å². The van der Waals surface area contributed by atoms with Gasteiger partial charge in [0.15, 0.2) is 0 Å². The van der Waals surface area contributed by atoms with Gasteiger partial charge >= 0.3 is 74.1 Å². The summed E-state index contributed by atoms with van der Waals surface area (Å²) in [4.78, 5) is 0. The van der Waals surface area contributed by atoms with E-state index in [4.69, 9.17) is 0 Å². The second kappa shape index (κ2) is 2.70. The van der Waals surface area contributed by atoms with Crippen molar-refractivity contribution >= 4 is 31.7 Å². The van der Waals surface area contributed by atoms with E-state index in [0.29, 0.717) is 0 Å². The summed E-state index contributed by atoms with van der Waals surface area (Å²) in [5.74, 6) is 0. The molecule has 0 nitrogen and oxygen atoms in total. The molecule has 0 aromatic heterocycles. The Bertz CT molecular complexity index is 374. The van der Waals surface area contributed by atoms with Crippen LogP contribution in [0, 0.1) is 0 Å². The molecule has 2 rings (SSSR count). The molecule has 0 heterocycles. The van der Waals surface area contributed by atoms with Crippen molar-refractivity contribution in [1.82, 2.24) is 0 Å². The first kappa shape index (κ1) is 6.92. The van der Waals surface area contributed by atoms with E-state index in [0.717, 1.165) is 16.5 Å². The average molecular weight is 203 g/mol. The Balaban J connectivity index is 2.91. The minimum absolute atomic E-state index is 0.786. The van der Waals surface area contributed by atoms with Crippen LogP contribution in [0.25, 0.3) is 10.8 Å². The Labute approximate surface area is 74.5 Å². The third-order valence-corrected chi connectivity index (χ3v) is 3.84. The first-order chi connectivity index (χ1) is 5.38. The van der Waals surface area contributed by atoms with Crippen molar-refractivity contribution in [2.45, 2.75) is 0 Å². The van der Waals surface area contributed by atoms with Gasteiger partial charge in [0.25, 0.3) is 0 Å². The van der Waals surface area contributed by atoms with Gasteiger partial charge in [-0.1, -0.05) is 0 Å². The van der Waals surface area contributed by atoms with Crippen molar-refractivity contribution in [2.24, 2.45) is 0 Å². The van der Waals surface area contributed by atoms with E-state index in [1.54, 1.807) is 0 Å². The van der Waals surface area contributed by atoms with Gasteiger partial charge in [-0.2, -0.15) is 0 Å². The summed E-state index contributed by atoms with van der Waals surface area (Å²) in [5.41, 5.74) is 0. The number of hydrogen-bond acceptors (Lipinski definition) is 0. The summed E-state index contributed by atoms with van der Waals surface area (Å²) in [5, 5.41) is 2.81. The molecule has 2 aromatic rings. The fraction of sp³-hybridized carbons (Fsp3) is 0. The van der Waals surface area contributed by atoms with Crippen molar-refractivity contribution in [1.29, 1.82) is 0 Å². The molecule has 0 bridgehead atoms. The zero-order valence-electron chi connectivity index (χ0n) is 6.54. The van der Waals surface area contributed by atoms with E-state index in [-0.39, 0.29) is 0 Å². The Morgan fingerprint density at radius 1 is 0.818 bits per heavy atom. The Kier molecular flexibility index (Phi) is 1.70. The van der Waals surface area contributed by atoms with Crippen LogP contribution in [0.4, 0.5) is 0 Å². The van der Waals surface area contributed by atoms with Gasteiger partial charge in [-0.05, 0) is 0 Å². The summed E-state index contributed by atoms with van der Waals surface area (Å²) in [6.07, 6.45) is 0. The van der Waals surface area contributed by atoms with Gasteiger partial charge in [-0.25, -0.2) is 0 Å². The van der Waals surface area contributed by atoms with Crippen LogP contribution < -0.4 is 4.40 Å². The Morgan fingerprint density at radius 2 is 1.55 bits per heavy atom. The van der Waals surface area contributed by atoms with E-state index < -0.39 is 0 Å². The van der Waals surface area contributed by atoms with E-state index in [9.17, 15) is 0 Å². The molecule has 2 aromatic carbocycles. The first-order valence-corrected chi connectivity index (χ1v) is 5.92. The van der Waals surface area contributed by atoms with Crippen LogP contribution in [-0.4, -0.2) is 16.5 Å². The van der Waals surface area contributed by atoms with Crippen molar-refractivity contribution in [3.05, 3.63) is 42.5 Å². The van der Waals surface area contributed by atoms with Crippen molar-refractivity contribution in [2.75, 3.05) is 0 Å². The predicted octanol–water partition coefficient (Wildman–Crippen LogP) is 0.830. The molecule has 0 aliphatic carbocycles. The molecular weight excluding hydrogens is 193 g/mol. The van der Waals surface area contributed by atoms with E-state index in [1.165, 1.54) is 15.2 Å². The Hall–Kier alpha value is -0.757. The topological polar surface area (TPSA) is 0 Å². The van der Waals surface area contributed by atoms with E-state index in [1.807, 2.05) is 0 Å². The second-order valence-corrected chi connectivity index (χ2v) is 5.06.